The largest absolute Gasteiger partial charge is 0.280 e. The Kier molecular flexibility index (Phi) is 4.63. The van der Waals surface area contributed by atoms with Gasteiger partial charge >= 0.3 is 0 Å². The van der Waals surface area contributed by atoms with E-state index in [1.807, 2.05) is 54.8 Å². The zero-order valence-electron chi connectivity index (χ0n) is 14.3. The molecule has 0 radical (unpaired) electrons. The molecular weight excluding hydrogens is 334 g/mol. The fourth-order valence-electron chi connectivity index (χ4n) is 2.85. The molecule has 1 atom stereocenters. The molecule has 2 amide bonds. The Balaban J connectivity index is 2.09. The lowest BCUT2D eigenvalue weighted by Gasteiger charge is -2.32. The molecule has 1 aliphatic heterocycles. The number of carbonyl (C=O) groups is 2. The normalized spacial score (nSPS) is 19.7. The van der Waals surface area contributed by atoms with E-state index >= 15 is 0 Å². The van der Waals surface area contributed by atoms with E-state index in [0.717, 1.165) is 5.56 Å². The van der Waals surface area contributed by atoms with Gasteiger partial charge in [-0.05, 0) is 30.9 Å². The second-order valence-corrected chi connectivity index (χ2v) is 6.59. The van der Waals surface area contributed by atoms with Crippen LogP contribution in [0.2, 0.25) is 0 Å². The summed E-state index contributed by atoms with van der Waals surface area (Å²) in [4.78, 5) is 30.3. The lowest BCUT2D eigenvalue weighted by Crippen LogP contribution is -2.52. The minimum atomic E-state index is -1.05. The fraction of sp³-hybridized carbons (Fsp3) is 0.211. The van der Waals surface area contributed by atoms with Crippen molar-refractivity contribution in [2.75, 3.05) is 11.3 Å². The maximum absolute atomic E-state index is 13.3. The maximum Gasteiger partial charge on any atom is 0.280 e. The summed E-state index contributed by atoms with van der Waals surface area (Å²) in [5, 5.41) is 3.26. The summed E-state index contributed by atoms with van der Waals surface area (Å²) in [5.41, 5.74) is 0.371. The number of aliphatic imine (C=N–C) groups is 1. The Hall–Kier alpha value is -2.60. The minimum absolute atomic E-state index is 0.248. The van der Waals surface area contributed by atoms with Crippen LogP contribution in [0.1, 0.15) is 19.4 Å². The lowest BCUT2D eigenvalue weighted by atomic mass is 9.92. The fourth-order valence-corrected chi connectivity index (χ4v) is 3.46. The molecule has 2 aromatic rings. The Morgan fingerprint density at radius 3 is 2.16 bits per heavy atom. The van der Waals surface area contributed by atoms with Crippen molar-refractivity contribution in [3.63, 3.8) is 0 Å². The molecule has 5 nitrogen and oxygen atoms in total. The van der Waals surface area contributed by atoms with E-state index < -0.39 is 5.54 Å². The number of thioether (sulfide) groups is 1. The van der Waals surface area contributed by atoms with Crippen LogP contribution in [0.5, 0.6) is 0 Å². The molecule has 0 bridgehead atoms. The molecule has 1 heterocycles. The zero-order chi connectivity index (χ0) is 18.0. The van der Waals surface area contributed by atoms with E-state index in [0.29, 0.717) is 10.9 Å². The third-order valence-electron chi connectivity index (χ3n) is 4.13. The van der Waals surface area contributed by atoms with Gasteiger partial charge in [0.25, 0.3) is 5.91 Å². The van der Waals surface area contributed by atoms with Gasteiger partial charge < -0.3 is 0 Å². The molecule has 6 heteroatoms. The Labute approximate surface area is 151 Å². The molecule has 2 aromatic carbocycles. The van der Waals surface area contributed by atoms with Crippen LogP contribution >= 0.6 is 11.8 Å². The topological polar surface area (TPSA) is 53.0 Å². The van der Waals surface area contributed by atoms with Crippen LogP contribution in [0.3, 0.4) is 0 Å². The van der Waals surface area contributed by atoms with Gasteiger partial charge in [-0.3, -0.25) is 9.59 Å². The number of nitrogens with zero attached hydrogens (tertiary/aromatic N) is 3. The first kappa shape index (κ1) is 17.2. The predicted molar refractivity (Wildman–Crippen MR) is 101 cm³/mol. The van der Waals surface area contributed by atoms with E-state index in [9.17, 15) is 9.59 Å². The molecule has 25 heavy (non-hydrogen) atoms. The van der Waals surface area contributed by atoms with Gasteiger partial charge in [-0.2, -0.15) is 5.01 Å². The van der Waals surface area contributed by atoms with Crippen molar-refractivity contribution in [3.05, 3.63) is 66.2 Å². The van der Waals surface area contributed by atoms with Gasteiger partial charge in [0, 0.05) is 6.92 Å². The summed E-state index contributed by atoms with van der Waals surface area (Å²) in [6.07, 6.45) is 1.85. The Morgan fingerprint density at radius 2 is 1.64 bits per heavy atom. The molecule has 0 saturated carbocycles. The van der Waals surface area contributed by atoms with Crippen molar-refractivity contribution < 1.29 is 9.59 Å². The second-order valence-electron chi connectivity index (χ2n) is 5.82. The zero-order valence-corrected chi connectivity index (χ0v) is 15.2. The SMILES string of the molecule is CSC1=NC(C)(c2ccccc2)C(=O)N1N(C(C)=O)c1ccccc1. The van der Waals surface area contributed by atoms with Crippen LogP contribution in [0.4, 0.5) is 5.69 Å². The molecule has 0 spiro atoms. The van der Waals surface area contributed by atoms with E-state index in [-0.39, 0.29) is 11.8 Å². The van der Waals surface area contributed by atoms with Crippen LogP contribution in [0.25, 0.3) is 0 Å². The first-order valence-electron chi connectivity index (χ1n) is 7.88. The number of anilines is 1. The molecule has 0 N–H and O–H groups in total. The molecule has 0 aromatic heterocycles. The van der Waals surface area contributed by atoms with E-state index in [2.05, 4.69) is 4.99 Å². The number of amidine groups is 1. The Morgan fingerprint density at radius 1 is 1.08 bits per heavy atom. The third-order valence-corrected chi connectivity index (χ3v) is 4.76. The summed E-state index contributed by atoms with van der Waals surface area (Å²) >= 11 is 1.34. The highest BCUT2D eigenvalue weighted by Gasteiger charge is 2.49. The molecule has 1 unspecified atom stereocenters. The molecule has 3 rings (SSSR count). The van der Waals surface area contributed by atoms with Gasteiger partial charge in [0.05, 0.1) is 5.69 Å². The number of hydrazine groups is 1. The highest BCUT2D eigenvalue weighted by atomic mass is 32.2. The van der Waals surface area contributed by atoms with Gasteiger partial charge in [-0.25, -0.2) is 10.0 Å². The number of rotatable bonds is 3. The van der Waals surface area contributed by atoms with Crippen molar-refractivity contribution >= 4 is 34.4 Å². The summed E-state index contributed by atoms with van der Waals surface area (Å²) < 4.78 is 0. The van der Waals surface area contributed by atoms with Crippen molar-refractivity contribution in [3.8, 4) is 0 Å². The number of hydrogen-bond acceptors (Lipinski definition) is 4. The predicted octanol–water partition coefficient (Wildman–Crippen LogP) is 3.43. The standard InChI is InChI=1S/C19H19N3O2S/c1-14(23)21(16-12-8-5-9-13-16)22-17(24)19(2,20-18(22)25-3)15-10-6-4-7-11-15/h4-13H,1-3H3. The lowest BCUT2D eigenvalue weighted by molar-refractivity contribution is -0.134. The third kappa shape index (κ3) is 2.93. The van der Waals surface area contributed by atoms with Crippen LogP contribution in [0.15, 0.2) is 65.7 Å². The summed E-state index contributed by atoms with van der Waals surface area (Å²) in [6.45, 7) is 3.22. The van der Waals surface area contributed by atoms with Crippen LogP contribution in [-0.2, 0) is 15.1 Å². The van der Waals surface area contributed by atoms with Gasteiger partial charge in [0.1, 0.15) is 0 Å². The van der Waals surface area contributed by atoms with Crippen molar-refractivity contribution in [2.24, 2.45) is 4.99 Å². The first-order chi connectivity index (χ1) is 12.0. The van der Waals surface area contributed by atoms with Crippen LogP contribution < -0.4 is 5.01 Å². The Bertz CT molecular complexity index is 823. The number of benzene rings is 2. The smallest absolute Gasteiger partial charge is 0.273 e. The number of carbonyl (C=O) groups excluding carboxylic acids is 2. The summed E-state index contributed by atoms with van der Waals surface area (Å²) in [7, 11) is 0. The average Bonchev–Trinajstić information content (AvgIpc) is 2.89. The van der Waals surface area contributed by atoms with E-state index in [1.165, 1.54) is 28.7 Å². The summed E-state index contributed by atoms with van der Waals surface area (Å²) in [5.74, 6) is -0.499. The number of para-hydroxylation sites is 1. The minimum Gasteiger partial charge on any atom is -0.273 e. The second kappa shape index (κ2) is 6.72. The summed E-state index contributed by atoms with van der Waals surface area (Å²) in [6, 6.07) is 18.5. The van der Waals surface area contributed by atoms with Gasteiger partial charge in [0.15, 0.2) is 10.7 Å². The average molecular weight is 353 g/mol. The van der Waals surface area contributed by atoms with Crippen LogP contribution in [0, 0.1) is 0 Å². The van der Waals surface area contributed by atoms with Crippen molar-refractivity contribution in [2.45, 2.75) is 19.4 Å². The van der Waals surface area contributed by atoms with Gasteiger partial charge in [-0.15, -0.1) is 0 Å². The molecule has 0 saturated heterocycles. The van der Waals surface area contributed by atoms with Crippen molar-refractivity contribution in [1.82, 2.24) is 5.01 Å². The van der Waals surface area contributed by atoms with E-state index in [1.54, 1.807) is 19.1 Å². The molecule has 0 fully saturated rings. The van der Waals surface area contributed by atoms with Gasteiger partial charge in [0.2, 0.25) is 5.91 Å². The highest BCUT2D eigenvalue weighted by Crippen LogP contribution is 2.37. The molecular formula is C19H19N3O2S. The number of hydrogen-bond donors (Lipinski definition) is 0. The van der Waals surface area contributed by atoms with Gasteiger partial charge in [-0.1, -0.05) is 60.3 Å². The number of amides is 2. The van der Waals surface area contributed by atoms with Crippen LogP contribution in [-0.4, -0.2) is 28.2 Å². The maximum atomic E-state index is 13.3. The molecule has 128 valence electrons. The van der Waals surface area contributed by atoms with Crippen molar-refractivity contribution in [1.29, 1.82) is 0 Å². The molecule has 1 aliphatic rings. The first-order valence-corrected chi connectivity index (χ1v) is 9.11. The molecule has 0 aliphatic carbocycles. The quantitative estimate of drug-likeness (QED) is 0.849. The van der Waals surface area contributed by atoms with E-state index in [4.69, 9.17) is 0 Å². The monoisotopic (exact) mass is 353 g/mol. The highest BCUT2D eigenvalue weighted by molar-refractivity contribution is 8.13.